The molecule has 3 N–H and O–H groups in total. The standard InChI is InChI=1S/C12H9Cl3N2O/c13-9-3-6(4-10(14)11(9)15)8-2-1-7(5-18)17-12(8)16/h1-4,18H,5H2,(H2,16,17). The first-order chi connectivity index (χ1) is 8.52. The Labute approximate surface area is 119 Å². The number of nitrogens with two attached hydrogens (primary N) is 1. The molecule has 1 aromatic heterocycles. The number of hydrogen-bond acceptors (Lipinski definition) is 3. The second-order valence-corrected chi connectivity index (χ2v) is 4.84. The van der Waals surface area contributed by atoms with Gasteiger partial charge in [-0.05, 0) is 29.8 Å². The molecular weight excluding hydrogens is 295 g/mol. The zero-order chi connectivity index (χ0) is 13.3. The van der Waals surface area contributed by atoms with Crippen LogP contribution in [-0.2, 0) is 6.61 Å². The van der Waals surface area contributed by atoms with Crippen LogP contribution >= 0.6 is 34.8 Å². The number of benzene rings is 1. The molecule has 0 aliphatic carbocycles. The van der Waals surface area contributed by atoms with E-state index in [9.17, 15) is 0 Å². The van der Waals surface area contributed by atoms with Crippen LogP contribution in [0.5, 0.6) is 0 Å². The van der Waals surface area contributed by atoms with Crippen LogP contribution in [0.3, 0.4) is 0 Å². The second-order valence-electron chi connectivity index (χ2n) is 3.65. The van der Waals surface area contributed by atoms with Crippen molar-refractivity contribution in [3.8, 4) is 11.1 Å². The third-order valence-electron chi connectivity index (χ3n) is 2.44. The maximum Gasteiger partial charge on any atom is 0.131 e. The summed E-state index contributed by atoms with van der Waals surface area (Å²) in [4.78, 5) is 4.06. The number of pyridine rings is 1. The van der Waals surface area contributed by atoms with Crippen LogP contribution in [-0.4, -0.2) is 10.1 Å². The van der Waals surface area contributed by atoms with E-state index in [2.05, 4.69) is 4.98 Å². The molecule has 0 aliphatic rings. The zero-order valence-electron chi connectivity index (χ0n) is 9.12. The highest BCUT2D eigenvalue weighted by molar-refractivity contribution is 6.48. The van der Waals surface area contributed by atoms with E-state index in [1.807, 2.05) is 0 Å². The summed E-state index contributed by atoms with van der Waals surface area (Å²) in [7, 11) is 0. The number of nitrogen functional groups attached to an aromatic ring is 1. The Morgan fingerprint density at radius 1 is 1.11 bits per heavy atom. The van der Waals surface area contributed by atoms with E-state index >= 15 is 0 Å². The summed E-state index contributed by atoms with van der Waals surface area (Å²) in [5.41, 5.74) is 7.74. The largest absolute Gasteiger partial charge is 0.390 e. The van der Waals surface area contributed by atoms with E-state index in [4.69, 9.17) is 45.6 Å². The van der Waals surface area contributed by atoms with Crippen LogP contribution in [0.15, 0.2) is 24.3 Å². The van der Waals surface area contributed by atoms with Crippen molar-refractivity contribution in [2.24, 2.45) is 0 Å². The van der Waals surface area contributed by atoms with Crippen LogP contribution in [0.25, 0.3) is 11.1 Å². The van der Waals surface area contributed by atoms with Gasteiger partial charge in [-0.3, -0.25) is 0 Å². The van der Waals surface area contributed by atoms with Crippen molar-refractivity contribution in [3.05, 3.63) is 45.0 Å². The first-order valence-corrected chi connectivity index (χ1v) is 6.17. The minimum absolute atomic E-state index is 0.160. The summed E-state index contributed by atoms with van der Waals surface area (Å²) in [6.07, 6.45) is 0. The van der Waals surface area contributed by atoms with E-state index in [1.54, 1.807) is 24.3 Å². The molecule has 0 radical (unpaired) electrons. The second kappa shape index (κ2) is 5.33. The normalized spacial score (nSPS) is 10.7. The Morgan fingerprint density at radius 3 is 2.22 bits per heavy atom. The van der Waals surface area contributed by atoms with Gasteiger partial charge in [0.25, 0.3) is 0 Å². The van der Waals surface area contributed by atoms with Gasteiger partial charge in [0.2, 0.25) is 0 Å². The minimum atomic E-state index is -0.160. The van der Waals surface area contributed by atoms with Crippen LogP contribution in [0.2, 0.25) is 15.1 Å². The molecule has 0 unspecified atom stereocenters. The number of aliphatic hydroxyl groups is 1. The van der Waals surface area contributed by atoms with Crippen molar-refractivity contribution >= 4 is 40.6 Å². The number of nitrogens with zero attached hydrogens (tertiary/aromatic N) is 1. The Morgan fingerprint density at radius 2 is 1.72 bits per heavy atom. The number of hydrogen-bond donors (Lipinski definition) is 2. The molecule has 1 heterocycles. The maximum absolute atomic E-state index is 8.97. The van der Waals surface area contributed by atoms with Crippen molar-refractivity contribution < 1.29 is 5.11 Å². The summed E-state index contributed by atoms with van der Waals surface area (Å²) in [5.74, 6) is 0.302. The molecule has 0 aliphatic heterocycles. The van der Waals surface area contributed by atoms with Gasteiger partial charge in [-0.2, -0.15) is 0 Å². The third-order valence-corrected chi connectivity index (χ3v) is 3.64. The number of anilines is 1. The predicted octanol–water partition coefficient (Wildman–Crippen LogP) is 3.78. The van der Waals surface area contributed by atoms with Crippen LogP contribution in [0, 0.1) is 0 Å². The molecule has 0 saturated heterocycles. The molecule has 0 atom stereocenters. The number of rotatable bonds is 2. The minimum Gasteiger partial charge on any atom is -0.390 e. The van der Waals surface area contributed by atoms with Crippen molar-refractivity contribution in [2.75, 3.05) is 5.73 Å². The molecular formula is C12H9Cl3N2O. The van der Waals surface area contributed by atoms with Crippen molar-refractivity contribution in [1.29, 1.82) is 0 Å². The zero-order valence-corrected chi connectivity index (χ0v) is 11.4. The van der Waals surface area contributed by atoms with Crippen molar-refractivity contribution in [3.63, 3.8) is 0 Å². The molecule has 0 saturated carbocycles. The number of halogens is 3. The van der Waals surface area contributed by atoms with E-state index < -0.39 is 0 Å². The Hall–Kier alpha value is -1.000. The smallest absolute Gasteiger partial charge is 0.131 e. The first-order valence-electron chi connectivity index (χ1n) is 5.04. The van der Waals surface area contributed by atoms with Gasteiger partial charge in [-0.15, -0.1) is 0 Å². The van der Waals surface area contributed by atoms with Crippen LogP contribution in [0.4, 0.5) is 5.82 Å². The predicted molar refractivity (Wildman–Crippen MR) is 75.0 cm³/mol. The highest BCUT2D eigenvalue weighted by atomic mass is 35.5. The van der Waals surface area contributed by atoms with Gasteiger partial charge in [0, 0.05) is 5.56 Å². The fourth-order valence-electron chi connectivity index (χ4n) is 1.56. The van der Waals surface area contributed by atoms with E-state index in [-0.39, 0.29) is 6.61 Å². The lowest BCUT2D eigenvalue weighted by atomic mass is 10.1. The SMILES string of the molecule is Nc1nc(CO)ccc1-c1cc(Cl)c(Cl)c(Cl)c1. The molecule has 6 heteroatoms. The van der Waals surface area contributed by atoms with Gasteiger partial charge in [0.15, 0.2) is 0 Å². The van der Waals surface area contributed by atoms with Crippen LogP contribution < -0.4 is 5.73 Å². The quantitative estimate of drug-likeness (QED) is 0.830. The summed E-state index contributed by atoms with van der Waals surface area (Å²) in [6, 6.07) is 6.77. The van der Waals surface area contributed by atoms with Crippen molar-refractivity contribution in [1.82, 2.24) is 4.98 Å². The number of aliphatic hydroxyl groups excluding tert-OH is 1. The molecule has 0 amide bonds. The third kappa shape index (κ3) is 2.54. The molecule has 94 valence electrons. The first kappa shape index (κ1) is 13.4. The Bertz CT molecular complexity index is 579. The van der Waals surface area contributed by atoms with Gasteiger partial charge < -0.3 is 10.8 Å². The summed E-state index contributed by atoms with van der Waals surface area (Å²) in [5, 5.41) is 9.98. The molecule has 2 rings (SSSR count). The summed E-state index contributed by atoms with van der Waals surface area (Å²) < 4.78 is 0. The highest BCUT2D eigenvalue weighted by Crippen LogP contribution is 2.36. The van der Waals surface area contributed by atoms with E-state index in [0.29, 0.717) is 32.1 Å². The monoisotopic (exact) mass is 302 g/mol. The maximum atomic E-state index is 8.97. The fraction of sp³-hybridized carbons (Fsp3) is 0.0833. The lowest BCUT2D eigenvalue weighted by Gasteiger charge is -2.09. The molecule has 3 nitrogen and oxygen atoms in total. The molecule has 1 aromatic carbocycles. The summed E-state index contributed by atoms with van der Waals surface area (Å²) >= 11 is 17.8. The lowest BCUT2D eigenvalue weighted by Crippen LogP contribution is -1.98. The summed E-state index contributed by atoms with van der Waals surface area (Å²) in [6.45, 7) is -0.160. The van der Waals surface area contributed by atoms with Gasteiger partial charge in [0.05, 0.1) is 27.4 Å². The van der Waals surface area contributed by atoms with Gasteiger partial charge in [-0.1, -0.05) is 34.8 Å². The topological polar surface area (TPSA) is 59.1 Å². The Balaban J connectivity index is 2.55. The van der Waals surface area contributed by atoms with Gasteiger partial charge in [-0.25, -0.2) is 4.98 Å². The molecule has 0 fully saturated rings. The van der Waals surface area contributed by atoms with E-state index in [0.717, 1.165) is 5.56 Å². The fourth-order valence-corrected chi connectivity index (χ4v) is 2.16. The van der Waals surface area contributed by atoms with Crippen molar-refractivity contribution in [2.45, 2.75) is 6.61 Å². The van der Waals surface area contributed by atoms with Gasteiger partial charge in [0.1, 0.15) is 5.82 Å². The van der Waals surface area contributed by atoms with E-state index in [1.165, 1.54) is 0 Å². The van der Waals surface area contributed by atoms with Gasteiger partial charge >= 0.3 is 0 Å². The number of aromatic nitrogens is 1. The Kier molecular flexibility index (Phi) is 3.97. The average Bonchev–Trinajstić information content (AvgIpc) is 2.35. The molecule has 0 bridgehead atoms. The lowest BCUT2D eigenvalue weighted by molar-refractivity contribution is 0.277. The molecule has 18 heavy (non-hydrogen) atoms. The average molecular weight is 304 g/mol. The molecule has 2 aromatic rings. The van der Waals surface area contributed by atoms with Crippen LogP contribution in [0.1, 0.15) is 5.69 Å². The highest BCUT2D eigenvalue weighted by Gasteiger charge is 2.10. The molecule has 0 spiro atoms.